The number of anilines is 2. The topological polar surface area (TPSA) is 106 Å². The second kappa shape index (κ2) is 10.1. The quantitative estimate of drug-likeness (QED) is 0.449. The van der Waals surface area contributed by atoms with Crippen LogP contribution in [0, 0.1) is 12.7 Å². The first-order valence-corrected chi connectivity index (χ1v) is 14.0. The molecule has 2 N–H and O–H groups in total. The lowest BCUT2D eigenvalue weighted by molar-refractivity contribution is 0.0209. The highest BCUT2D eigenvalue weighted by Crippen LogP contribution is 2.37. The van der Waals surface area contributed by atoms with Crippen molar-refractivity contribution in [3.8, 4) is 0 Å². The average molecular weight is 536 g/mol. The van der Waals surface area contributed by atoms with Crippen LogP contribution >= 0.6 is 0 Å². The lowest BCUT2D eigenvalue weighted by atomic mass is 9.92. The minimum Gasteiger partial charge on any atom is -0.377 e. The summed E-state index contributed by atoms with van der Waals surface area (Å²) >= 11 is 0. The van der Waals surface area contributed by atoms with Crippen molar-refractivity contribution in [1.82, 2.24) is 15.0 Å². The van der Waals surface area contributed by atoms with E-state index in [1.54, 1.807) is 13.8 Å². The normalized spacial score (nSPS) is 19.1. The predicted octanol–water partition coefficient (Wildman–Crippen LogP) is 4.69. The summed E-state index contributed by atoms with van der Waals surface area (Å²) in [6.07, 6.45) is -1.97. The Morgan fingerprint density at radius 1 is 1.05 bits per heavy atom. The van der Waals surface area contributed by atoms with E-state index in [-0.39, 0.29) is 29.0 Å². The van der Waals surface area contributed by atoms with E-state index in [1.165, 1.54) is 12.1 Å². The van der Waals surface area contributed by atoms with Gasteiger partial charge in [0.2, 0.25) is 0 Å². The molecule has 0 aliphatic carbocycles. The SMILES string of the molecule is Cc1nc(N[C@H](C)c2cccc(C(F)F)c2F)c2cc(C3CCS(=O)(=O)CC3)c(NC3COC3)nc2n1. The molecule has 2 fully saturated rings. The molecule has 2 aliphatic rings. The minimum absolute atomic E-state index is 0.0318. The first-order chi connectivity index (χ1) is 17.6. The zero-order chi connectivity index (χ0) is 26.3. The van der Waals surface area contributed by atoms with Gasteiger partial charge in [0, 0.05) is 5.56 Å². The number of alkyl halides is 2. The van der Waals surface area contributed by atoms with Crippen LogP contribution in [0.25, 0.3) is 11.0 Å². The maximum absolute atomic E-state index is 14.8. The van der Waals surface area contributed by atoms with Crippen molar-refractivity contribution in [1.29, 1.82) is 0 Å². The van der Waals surface area contributed by atoms with E-state index in [9.17, 15) is 21.6 Å². The van der Waals surface area contributed by atoms with Crippen molar-refractivity contribution in [2.75, 3.05) is 35.4 Å². The number of fused-ring (bicyclic) bond motifs is 1. The number of nitrogens with one attached hydrogen (secondary N) is 2. The van der Waals surface area contributed by atoms with Crippen molar-refractivity contribution in [2.45, 2.75) is 51.1 Å². The van der Waals surface area contributed by atoms with Crippen LogP contribution in [0.3, 0.4) is 0 Å². The van der Waals surface area contributed by atoms with Gasteiger partial charge in [0.15, 0.2) is 5.65 Å². The zero-order valence-electron chi connectivity index (χ0n) is 20.5. The molecule has 37 heavy (non-hydrogen) atoms. The number of halogens is 3. The van der Waals surface area contributed by atoms with Crippen LogP contribution in [0.4, 0.5) is 24.8 Å². The smallest absolute Gasteiger partial charge is 0.266 e. The number of rotatable bonds is 7. The summed E-state index contributed by atoms with van der Waals surface area (Å²) in [4.78, 5) is 13.8. The van der Waals surface area contributed by atoms with E-state index in [2.05, 4.69) is 20.6 Å². The van der Waals surface area contributed by atoms with E-state index >= 15 is 0 Å². The minimum atomic E-state index is -3.06. The molecular formula is C25H28F3N5O3S. The molecule has 12 heteroatoms. The van der Waals surface area contributed by atoms with Crippen LogP contribution in [0.15, 0.2) is 24.3 Å². The van der Waals surface area contributed by atoms with Gasteiger partial charge in [-0.1, -0.05) is 18.2 Å². The Bertz CT molecular complexity index is 1420. The van der Waals surface area contributed by atoms with Crippen LogP contribution in [0.1, 0.15) is 60.7 Å². The van der Waals surface area contributed by atoms with Gasteiger partial charge >= 0.3 is 0 Å². The van der Waals surface area contributed by atoms with Crippen LogP contribution in [0.2, 0.25) is 0 Å². The molecule has 2 aromatic heterocycles. The van der Waals surface area contributed by atoms with Gasteiger partial charge in [-0.2, -0.15) is 0 Å². The Hall–Kier alpha value is -2.99. The van der Waals surface area contributed by atoms with Crippen molar-refractivity contribution in [2.24, 2.45) is 0 Å². The highest BCUT2D eigenvalue weighted by Gasteiger charge is 2.30. The molecule has 1 aromatic carbocycles. The standard InChI is InChI=1S/C25H28F3N5O3S/c1-13(17-4-3-5-18(21(17)26)22(27)28)29-24-20-10-19(15-6-8-37(34,35)9-7-15)23(32-16-11-36-12-16)33-25(20)31-14(2)30-24/h3-5,10,13,15-16,22H,6-9,11-12H2,1-2H3,(H2,29,30,31,32,33)/t13-/m1/s1. The molecule has 198 valence electrons. The van der Waals surface area contributed by atoms with Crippen molar-refractivity contribution < 1.29 is 26.3 Å². The molecule has 0 radical (unpaired) electrons. The lowest BCUT2D eigenvalue weighted by Crippen LogP contribution is -2.41. The number of hydrogen-bond acceptors (Lipinski definition) is 8. The van der Waals surface area contributed by atoms with Crippen LogP contribution in [-0.4, -0.2) is 54.1 Å². The molecule has 5 rings (SSSR count). The van der Waals surface area contributed by atoms with E-state index in [4.69, 9.17) is 9.72 Å². The molecule has 0 amide bonds. The third kappa shape index (κ3) is 5.35. The first kappa shape index (κ1) is 25.7. The third-order valence-corrected chi connectivity index (χ3v) is 8.63. The van der Waals surface area contributed by atoms with E-state index in [0.717, 1.165) is 11.6 Å². The largest absolute Gasteiger partial charge is 0.377 e. The summed E-state index contributed by atoms with van der Waals surface area (Å²) in [5.41, 5.74) is 0.722. The molecule has 0 spiro atoms. The molecule has 2 aliphatic heterocycles. The van der Waals surface area contributed by atoms with Gasteiger partial charge in [0.25, 0.3) is 6.43 Å². The zero-order valence-corrected chi connectivity index (χ0v) is 21.3. The number of aryl methyl sites for hydroxylation is 1. The van der Waals surface area contributed by atoms with Gasteiger partial charge in [-0.3, -0.25) is 0 Å². The molecule has 4 heterocycles. The molecule has 0 saturated carbocycles. The van der Waals surface area contributed by atoms with Gasteiger partial charge in [0.1, 0.15) is 33.1 Å². The number of pyridine rings is 1. The Labute approximate surface area is 213 Å². The summed E-state index contributed by atoms with van der Waals surface area (Å²) < 4.78 is 70.7. The summed E-state index contributed by atoms with van der Waals surface area (Å²) in [6.45, 7) is 4.48. The Balaban J connectivity index is 1.55. The fraction of sp³-hybridized carbons (Fsp3) is 0.480. The Kier molecular flexibility index (Phi) is 6.97. The van der Waals surface area contributed by atoms with Crippen molar-refractivity contribution >= 4 is 32.5 Å². The first-order valence-electron chi connectivity index (χ1n) is 12.2. The third-order valence-electron chi connectivity index (χ3n) is 6.91. The Morgan fingerprint density at radius 2 is 1.76 bits per heavy atom. The summed E-state index contributed by atoms with van der Waals surface area (Å²) in [5, 5.41) is 7.15. The maximum atomic E-state index is 14.8. The van der Waals surface area contributed by atoms with Crippen molar-refractivity contribution in [3.63, 3.8) is 0 Å². The molecule has 8 nitrogen and oxygen atoms in total. The predicted molar refractivity (Wildman–Crippen MR) is 134 cm³/mol. The van der Waals surface area contributed by atoms with Gasteiger partial charge in [-0.05, 0) is 44.2 Å². The monoisotopic (exact) mass is 535 g/mol. The number of benzene rings is 1. The number of nitrogens with zero attached hydrogens (tertiary/aromatic N) is 3. The van der Waals surface area contributed by atoms with Gasteiger partial charge in [-0.15, -0.1) is 0 Å². The fourth-order valence-corrected chi connectivity index (χ4v) is 6.27. The maximum Gasteiger partial charge on any atom is 0.266 e. The van der Waals surface area contributed by atoms with E-state index in [1.807, 2.05) is 6.07 Å². The Morgan fingerprint density at radius 3 is 2.41 bits per heavy atom. The molecule has 0 bridgehead atoms. The van der Waals surface area contributed by atoms with Crippen LogP contribution < -0.4 is 10.6 Å². The van der Waals surface area contributed by atoms with Crippen LogP contribution in [-0.2, 0) is 14.6 Å². The van der Waals surface area contributed by atoms with Gasteiger partial charge in [-0.25, -0.2) is 36.5 Å². The molecule has 2 saturated heterocycles. The van der Waals surface area contributed by atoms with Gasteiger partial charge in [0.05, 0.1) is 47.8 Å². The number of sulfone groups is 1. The molecule has 3 aromatic rings. The lowest BCUT2D eigenvalue weighted by Gasteiger charge is -2.30. The second-order valence-corrected chi connectivity index (χ2v) is 11.9. The molecule has 0 unspecified atom stereocenters. The van der Waals surface area contributed by atoms with E-state index < -0.39 is 33.7 Å². The second-order valence-electron chi connectivity index (χ2n) is 9.64. The number of aromatic nitrogens is 3. The van der Waals surface area contributed by atoms with Crippen LogP contribution in [0.5, 0.6) is 0 Å². The average Bonchev–Trinajstić information content (AvgIpc) is 2.81. The summed E-state index contributed by atoms with van der Waals surface area (Å²) in [5.74, 6) is 0.693. The highest BCUT2D eigenvalue weighted by molar-refractivity contribution is 7.91. The fourth-order valence-electron chi connectivity index (χ4n) is 4.78. The number of ether oxygens (including phenoxy) is 1. The highest BCUT2D eigenvalue weighted by atomic mass is 32.2. The molecule has 1 atom stereocenters. The summed E-state index contributed by atoms with van der Waals surface area (Å²) in [6, 6.07) is 5.27. The van der Waals surface area contributed by atoms with E-state index in [0.29, 0.717) is 54.5 Å². The number of hydrogen-bond donors (Lipinski definition) is 2. The van der Waals surface area contributed by atoms with Crippen molar-refractivity contribution in [3.05, 3.63) is 52.6 Å². The van der Waals surface area contributed by atoms with Gasteiger partial charge < -0.3 is 15.4 Å². The summed E-state index contributed by atoms with van der Waals surface area (Å²) in [7, 11) is -3.06. The molecular weight excluding hydrogens is 507 g/mol.